The number of esters is 1. The lowest BCUT2D eigenvalue weighted by Gasteiger charge is -2.02. The van der Waals surface area contributed by atoms with Crippen molar-refractivity contribution in [2.24, 2.45) is 0 Å². The SMILES string of the molecule is CC.CC.COC(=O)c1cncc2ccccc12. The average molecular weight is 247 g/mol. The number of carbonyl (C=O) groups is 1. The van der Waals surface area contributed by atoms with Crippen LogP contribution in [0, 0.1) is 0 Å². The molecule has 0 spiro atoms. The fraction of sp³-hybridized carbons (Fsp3) is 0.333. The van der Waals surface area contributed by atoms with Crippen LogP contribution in [-0.2, 0) is 4.74 Å². The van der Waals surface area contributed by atoms with Crippen LogP contribution in [0.25, 0.3) is 10.8 Å². The van der Waals surface area contributed by atoms with E-state index in [4.69, 9.17) is 0 Å². The number of fused-ring (bicyclic) bond motifs is 1. The van der Waals surface area contributed by atoms with Crippen molar-refractivity contribution < 1.29 is 9.53 Å². The number of hydrogen-bond acceptors (Lipinski definition) is 3. The zero-order valence-electron chi connectivity index (χ0n) is 11.7. The number of carbonyl (C=O) groups excluding carboxylic acids is 1. The van der Waals surface area contributed by atoms with Gasteiger partial charge in [-0.05, 0) is 5.39 Å². The second-order valence-corrected chi connectivity index (χ2v) is 2.90. The van der Waals surface area contributed by atoms with Gasteiger partial charge in [0.2, 0.25) is 0 Å². The van der Waals surface area contributed by atoms with Gasteiger partial charge in [-0.3, -0.25) is 4.98 Å². The van der Waals surface area contributed by atoms with Crippen molar-refractivity contribution in [1.82, 2.24) is 4.98 Å². The monoisotopic (exact) mass is 247 g/mol. The Morgan fingerprint density at radius 2 is 1.67 bits per heavy atom. The van der Waals surface area contributed by atoms with E-state index in [0.717, 1.165) is 10.8 Å². The largest absolute Gasteiger partial charge is 0.465 e. The Morgan fingerprint density at radius 3 is 2.28 bits per heavy atom. The van der Waals surface area contributed by atoms with Gasteiger partial charge in [-0.25, -0.2) is 4.79 Å². The summed E-state index contributed by atoms with van der Waals surface area (Å²) in [4.78, 5) is 15.3. The quantitative estimate of drug-likeness (QED) is 0.713. The van der Waals surface area contributed by atoms with E-state index in [2.05, 4.69) is 9.72 Å². The molecule has 0 saturated heterocycles. The second-order valence-electron chi connectivity index (χ2n) is 2.90. The van der Waals surface area contributed by atoms with E-state index in [1.165, 1.54) is 13.3 Å². The summed E-state index contributed by atoms with van der Waals surface area (Å²) in [6, 6.07) is 7.58. The van der Waals surface area contributed by atoms with E-state index >= 15 is 0 Å². The Kier molecular flexibility index (Phi) is 8.20. The lowest BCUT2D eigenvalue weighted by atomic mass is 10.1. The second kappa shape index (κ2) is 9.16. The first-order valence-corrected chi connectivity index (χ1v) is 6.24. The standard InChI is InChI=1S/C11H9NO2.2C2H6/c1-14-11(13)10-7-12-6-8-4-2-3-5-9(8)10;2*1-2/h2-7H,1H3;2*1-2H3. The number of aromatic nitrogens is 1. The summed E-state index contributed by atoms with van der Waals surface area (Å²) in [6.07, 6.45) is 3.25. The highest BCUT2D eigenvalue weighted by Crippen LogP contribution is 2.17. The van der Waals surface area contributed by atoms with Gasteiger partial charge in [0.05, 0.1) is 12.7 Å². The topological polar surface area (TPSA) is 39.2 Å². The molecule has 0 saturated carbocycles. The molecule has 3 nitrogen and oxygen atoms in total. The molecule has 2 rings (SSSR count). The van der Waals surface area contributed by atoms with E-state index in [1.807, 2.05) is 52.0 Å². The Hall–Kier alpha value is -1.90. The normalized spacial score (nSPS) is 8.50. The molecule has 1 aromatic carbocycles. The number of benzene rings is 1. The third kappa shape index (κ3) is 3.84. The van der Waals surface area contributed by atoms with Gasteiger partial charge in [0.15, 0.2) is 0 Å². The number of ether oxygens (including phenoxy) is 1. The number of pyridine rings is 1. The number of hydrogen-bond donors (Lipinski definition) is 0. The predicted octanol–water partition coefficient (Wildman–Crippen LogP) is 4.07. The van der Waals surface area contributed by atoms with Crippen LogP contribution in [0.15, 0.2) is 36.7 Å². The molecule has 0 amide bonds. The summed E-state index contributed by atoms with van der Waals surface area (Å²) in [7, 11) is 1.37. The summed E-state index contributed by atoms with van der Waals surface area (Å²) in [5.74, 6) is -0.353. The lowest BCUT2D eigenvalue weighted by Crippen LogP contribution is -2.02. The zero-order chi connectivity index (χ0) is 14.0. The molecule has 0 fully saturated rings. The molecule has 0 unspecified atom stereocenters. The molecule has 98 valence electrons. The molecule has 0 aliphatic rings. The van der Waals surface area contributed by atoms with Crippen LogP contribution in [0.2, 0.25) is 0 Å². The maximum atomic E-state index is 11.4. The molecule has 1 heterocycles. The molecule has 0 radical (unpaired) electrons. The van der Waals surface area contributed by atoms with Crippen molar-refractivity contribution in [3.05, 3.63) is 42.2 Å². The minimum absolute atomic E-state index is 0.353. The number of methoxy groups -OCH3 is 1. The van der Waals surface area contributed by atoms with Crippen molar-refractivity contribution in [3.63, 3.8) is 0 Å². The highest BCUT2D eigenvalue weighted by atomic mass is 16.5. The van der Waals surface area contributed by atoms with Gasteiger partial charge >= 0.3 is 5.97 Å². The molecule has 18 heavy (non-hydrogen) atoms. The molecule has 3 heteroatoms. The van der Waals surface area contributed by atoms with Gasteiger partial charge in [0.1, 0.15) is 0 Å². The van der Waals surface area contributed by atoms with Gasteiger partial charge in [-0.2, -0.15) is 0 Å². The molecule has 1 aromatic heterocycles. The Morgan fingerprint density at radius 1 is 1.06 bits per heavy atom. The molecule has 0 aliphatic carbocycles. The van der Waals surface area contributed by atoms with Gasteiger partial charge < -0.3 is 4.74 Å². The molecule has 0 bridgehead atoms. The summed E-state index contributed by atoms with van der Waals surface area (Å²) in [6.45, 7) is 8.00. The number of rotatable bonds is 1. The first kappa shape index (κ1) is 16.1. The van der Waals surface area contributed by atoms with Gasteiger partial charge in [0.25, 0.3) is 0 Å². The summed E-state index contributed by atoms with van der Waals surface area (Å²) >= 11 is 0. The third-order valence-corrected chi connectivity index (χ3v) is 2.07. The Balaban J connectivity index is 0.000000659. The minimum atomic E-state index is -0.353. The van der Waals surface area contributed by atoms with Crippen molar-refractivity contribution in [2.75, 3.05) is 7.11 Å². The highest BCUT2D eigenvalue weighted by Gasteiger charge is 2.09. The van der Waals surface area contributed by atoms with Crippen LogP contribution in [0.4, 0.5) is 0 Å². The Bertz CT molecular complexity index is 475. The molecular formula is C15H21NO2. The predicted molar refractivity (Wildman–Crippen MR) is 75.8 cm³/mol. The molecular weight excluding hydrogens is 226 g/mol. The fourth-order valence-corrected chi connectivity index (χ4v) is 1.39. The van der Waals surface area contributed by atoms with Gasteiger partial charge in [-0.15, -0.1) is 0 Å². The fourth-order valence-electron chi connectivity index (χ4n) is 1.39. The van der Waals surface area contributed by atoms with E-state index in [-0.39, 0.29) is 5.97 Å². The Labute approximate surface area is 109 Å². The summed E-state index contributed by atoms with van der Waals surface area (Å²) < 4.78 is 4.67. The summed E-state index contributed by atoms with van der Waals surface area (Å²) in [5, 5.41) is 1.81. The van der Waals surface area contributed by atoms with Crippen molar-refractivity contribution in [3.8, 4) is 0 Å². The molecule has 0 aliphatic heterocycles. The van der Waals surface area contributed by atoms with E-state index in [9.17, 15) is 4.79 Å². The number of nitrogens with zero attached hydrogens (tertiary/aromatic N) is 1. The molecule has 2 aromatic rings. The van der Waals surface area contributed by atoms with E-state index in [1.54, 1.807) is 6.20 Å². The van der Waals surface area contributed by atoms with Crippen molar-refractivity contribution >= 4 is 16.7 Å². The van der Waals surface area contributed by atoms with Crippen LogP contribution in [0.3, 0.4) is 0 Å². The summed E-state index contributed by atoms with van der Waals surface area (Å²) in [5.41, 5.74) is 0.505. The lowest BCUT2D eigenvalue weighted by molar-refractivity contribution is 0.0602. The maximum Gasteiger partial charge on any atom is 0.340 e. The van der Waals surface area contributed by atoms with Crippen LogP contribution in [0.5, 0.6) is 0 Å². The van der Waals surface area contributed by atoms with E-state index in [0.29, 0.717) is 5.56 Å². The first-order chi connectivity index (χ1) is 8.83. The van der Waals surface area contributed by atoms with Crippen molar-refractivity contribution in [1.29, 1.82) is 0 Å². The van der Waals surface area contributed by atoms with Crippen LogP contribution in [-0.4, -0.2) is 18.1 Å². The van der Waals surface area contributed by atoms with Crippen LogP contribution >= 0.6 is 0 Å². The first-order valence-electron chi connectivity index (χ1n) is 6.24. The third-order valence-electron chi connectivity index (χ3n) is 2.07. The molecule has 0 N–H and O–H groups in total. The van der Waals surface area contributed by atoms with Gasteiger partial charge in [0, 0.05) is 17.8 Å². The van der Waals surface area contributed by atoms with E-state index < -0.39 is 0 Å². The smallest absolute Gasteiger partial charge is 0.340 e. The van der Waals surface area contributed by atoms with Crippen LogP contribution in [0.1, 0.15) is 38.1 Å². The van der Waals surface area contributed by atoms with Crippen LogP contribution < -0.4 is 0 Å². The zero-order valence-corrected chi connectivity index (χ0v) is 11.7. The van der Waals surface area contributed by atoms with Crippen molar-refractivity contribution in [2.45, 2.75) is 27.7 Å². The highest BCUT2D eigenvalue weighted by molar-refractivity contribution is 6.03. The minimum Gasteiger partial charge on any atom is -0.465 e. The van der Waals surface area contributed by atoms with Gasteiger partial charge in [-0.1, -0.05) is 52.0 Å². The maximum absolute atomic E-state index is 11.4. The molecule has 0 atom stereocenters. The average Bonchev–Trinajstić information content (AvgIpc) is 2.50.